The number of hydrogen-bond donors (Lipinski definition) is 5. The summed E-state index contributed by atoms with van der Waals surface area (Å²) < 4.78 is 0. The number of H-pyrrole nitrogens is 3. The lowest BCUT2D eigenvalue weighted by atomic mass is 10.1. The van der Waals surface area contributed by atoms with Gasteiger partial charge >= 0.3 is 11.7 Å². The standard InChI is InChI=1S/C11H11N5O5/c17-8-2-6(15-11(21)16-8)9(18)14-7(10(19)20)1-5-3-12-4-13-5/h2-4,7H,1H2,(H,12,13)(H,14,18)(H,19,20)(H2,15,16,17,21)/t7-/m1/s1. The van der Waals surface area contributed by atoms with Crippen LogP contribution in [-0.4, -0.2) is 43.0 Å². The van der Waals surface area contributed by atoms with Crippen LogP contribution in [0, 0.1) is 0 Å². The van der Waals surface area contributed by atoms with Gasteiger partial charge in [0.25, 0.3) is 11.5 Å². The van der Waals surface area contributed by atoms with Crippen LogP contribution in [0.3, 0.4) is 0 Å². The third kappa shape index (κ3) is 3.65. The molecule has 2 aromatic rings. The number of carboxylic acids is 1. The number of imidazole rings is 1. The van der Waals surface area contributed by atoms with Crippen LogP contribution in [-0.2, 0) is 11.2 Å². The number of rotatable bonds is 5. The molecular weight excluding hydrogens is 282 g/mol. The summed E-state index contributed by atoms with van der Waals surface area (Å²) in [7, 11) is 0. The van der Waals surface area contributed by atoms with E-state index in [1.54, 1.807) is 0 Å². The third-order valence-electron chi connectivity index (χ3n) is 2.59. The second-order valence-electron chi connectivity index (χ2n) is 4.15. The Bertz CT molecular complexity index is 732. The summed E-state index contributed by atoms with van der Waals surface area (Å²) in [4.78, 5) is 55.7. The molecule has 5 N–H and O–H groups in total. The number of carboxylic acid groups (broad SMARTS) is 1. The maximum atomic E-state index is 11.9. The minimum absolute atomic E-state index is 0.0193. The van der Waals surface area contributed by atoms with Gasteiger partial charge in [0, 0.05) is 24.4 Å². The third-order valence-corrected chi connectivity index (χ3v) is 2.59. The number of nitrogens with zero attached hydrogens (tertiary/aromatic N) is 1. The zero-order chi connectivity index (χ0) is 15.4. The van der Waals surface area contributed by atoms with E-state index in [2.05, 4.69) is 20.3 Å². The number of carbonyl (C=O) groups excluding carboxylic acids is 1. The number of carbonyl (C=O) groups is 2. The molecule has 0 saturated carbocycles. The molecule has 0 fully saturated rings. The first-order valence-corrected chi connectivity index (χ1v) is 5.80. The molecule has 2 heterocycles. The Hall–Kier alpha value is -3.17. The Kier molecular flexibility index (Phi) is 3.97. The van der Waals surface area contributed by atoms with Crippen molar-refractivity contribution in [1.82, 2.24) is 25.3 Å². The second-order valence-corrected chi connectivity index (χ2v) is 4.15. The van der Waals surface area contributed by atoms with Crippen molar-refractivity contribution in [3.8, 4) is 0 Å². The number of nitrogens with one attached hydrogen (secondary N) is 4. The molecular formula is C11H11N5O5. The van der Waals surface area contributed by atoms with Crippen LogP contribution in [0.25, 0.3) is 0 Å². The summed E-state index contributed by atoms with van der Waals surface area (Å²) in [6, 6.07) is -0.369. The first-order chi connectivity index (χ1) is 9.95. The zero-order valence-corrected chi connectivity index (χ0v) is 10.5. The average Bonchev–Trinajstić information content (AvgIpc) is 2.89. The molecule has 0 spiro atoms. The van der Waals surface area contributed by atoms with Crippen molar-refractivity contribution < 1.29 is 14.7 Å². The molecule has 1 atom stereocenters. The molecule has 1 amide bonds. The molecule has 0 aliphatic rings. The molecule has 0 bridgehead atoms. The highest BCUT2D eigenvalue weighted by Crippen LogP contribution is 2.00. The number of aliphatic carboxylic acids is 1. The van der Waals surface area contributed by atoms with E-state index in [1.165, 1.54) is 12.5 Å². The topological polar surface area (TPSA) is 161 Å². The molecule has 2 rings (SSSR count). The molecule has 0 saturated heterocycles. The van der Waals surface area contributed by atoms with Gasteiger partial charge in [-0.2, -0.15) is 0 Å². The van der Waals surface area contributed by atoms with Gasteiger partial charge in [-0.15, -0.1) is 0 Å². The van der Waals surface area contributed by atoms with Crippen LogP contribution in [0.1, 0.15) is 16.2 Å². The summed E-state index contributed by atoms with van der Waals surface area (Å²) in [5, 5.41) is 11.3. The van der Waals surface area contributed by atoms with E-state index in [4.69, 9.17) is 5.11 Å². The first-order valence-electron chi connectivity index (χ1n) is 5.80. The fraction of sp³-hybridized carbons (Fsp3) is 0.182. The molecule has 2 aromatic heterocycles. The van der Waals surface area contributed by atoms with Crippen molar-refractivity contribution in [2.24, 2.45) is 0 Å². The lowest BCUT2D eigenvalue weighted by molar-refractivity contribution is -0.139. The van der Waals surface area contributed by atoms with Crippen LogP contribution in [0.15, 0.2) is 28.2 Å². The maximum absolute atomic E-state index is 11.9. The van der Waals surface area contributed by atoms with Gasteiger partial charge in [-0.05, 0) is 0 Å². The molecule has 21 heavy (non-hydrogen) atoms. The van der Waals surface area contributed by atoms with E-state index in [1.807, 2.05) is 4.98 Å². The van der Waals surface area contributed by atoms with Crippen LogP contribution in [0.4, 0.5) is 0 Å². The summed E-state index contributed by atoms with van der Waals surface area (Å²) in [6.07, 6.45) is 2.79. The Labute approximate surface area is 116 Å². The Morgan fingerprint density at radius 2 is 2.10 bits per heavy atom. The SMILES string of the molecule is O=C(N[C@H](Cc1cnc[nH]1)C(=O)O)c1cc(=O)[nH]c(=O)[nH]1. The summed E-state index contributed by atoms with van der Waals surface area (Å²) in [5.41, 5.74) is -1.42. The Morgan fingerprint density at radius 1 is 1.33 bits per heavy atom. The van der Waals surface area contributed by atoms with E-state index in [9.17, 15) is 19.2 Å². The highest BCUT2D eigenvalue weighted by molar-refractivity contribution is 5.94. The van der Waals surface area contributed by atoms with Crippen LogP contribution in [0.5, 0.6) is 0 Å². The van der Waals surface area contributed by atoms with E-state index in [0.717, 1.165) is 6.07 Å². The zero-order valence-electron chi connectivity index (χ0n) is 10.5. The van der Waals surface area contributed by atoms with Gasteiger partial charge in [0.2, 0.25) is 0 Å². The Morgan fingerprint density at radius 3 is 2.67 bits per heavy atom. The minimum Gasteiger partial charge on any atom is -0.480 e. The summed E-state index contributed by atoms with van der Waals surface area (Å²) >= 11 is 0. The highest BCUT2D eigenvalue weighted by atomic mass is 16.4. The van der Waals surface area contributed by atoms with Gasteiger partial charge in [-0.1, -0.05) is 0 Å². The first kappa shape index (κ1) is 14.2. The van der Waals surface area contributed by atoms with Crippen LogP contribution >= 0.6 is 0 Å². The summed E-state index contributed by atoms with van der Waals surface area (Å²) in [5.74, 6) is -2.13. The number of hydrogen-bond acceptors (Lipinski definition) is 5. The monoisotopic (exact) mass is 293 g/mol. The largest absolute Gasteiger partial charge is 0.480 e. The van der Waals surface area contributed by atoms with Gasteiger partial charge in [0.1, 0.15) is 11.7 Å². The van der Waals surface area contributed by atoms with E-state index >= 15 is 0 Å². The van der Waals surface area contributed by atoms with E-state index in [-0.39, 0.29) is 12.1 Å². The minimum atomic E-state index is -1.26. The quantitative estimate of drug-likeness (QED) is 0.437. The normalized spacial score (nSPS) is 11.8. The van der Waals surface area contributed by atoms with Gasteiger partial charge in [0.05, 0.1) is 6.33 Å². The fourth-order valence-corrected chi connectivity index (χ4v) is 1.64. The van der Waals surface area contributed by atoms with Crippen molar-refractivity contribution in [1.29, 1.82) is 0 Å². The van der Waals surface area contributed by atoms with Gasteiger partial charge < -0.3 is 20.4 Å². The molecule has 10 nitrogen and oxygen atoms in total. The lowest BCUT2D eigenvalue weighted by Crippen LogP contribution is -2.43. The highest BCUT2D eigenvalue weighted by Gasteiger charge is 2.22. The van der Waals surface area contributed by atoms with Gasteiger partial charge in [-0.25, -0.2) is 14.6 Å². The van der Waals surface area contributed by atoms with Crippen LogP contribution in [0.2, 0.25) is 0 Å². The van der Waals surface area contributed by atoms with Crippen molar-refractivity contribution in [3.05, 3.63) is 50.8 Å². The average molecular weight is 293 g/mol. The van der Waals surface area contributed by atoms with E-state index < -0.39 is 29.2 Å². The molecule has 0 aliphatic carbocycles. The van der Waals surface area contributed by atoms with Crippen molar-refractivity contribution in [3.63, 3.8) is 0 Å². The second kappa shape index (κ2) is 5.86. The van der Waals surface area contributed by atoms with E-state index in [0.29, 0.717) is 5.69 Å². The Balaban J connectivity index is 2.16. The molecule has 10 heteroatoms. The summed E-state index contributed by atoms with van der Waals surface area (Å²) in [6.45, 7) is 0. The van der Waals surface area contributed by atoms with Crippen LogP contribution < -0.4 is 16.6 Å². The number of aromatic amines is 3. The molecule has 0 aliphatic heterocycles. The van der Waals surface area contributed by atoms with Crippen molar-refractivity contribution in [2.45, 2.75) is 12.5 Å². The maximum Gasteiger partial charge on any atom is 0.326 e. The predicted molar refractivity (Wildman–Crippen MR) is 68.9 cm³/mol. The van der Waals surface area contributed by atoms with Gasteiger partial charge in [0.15, 0.2) is 0 Å². The molecule has 110 valence electrons. The smallest absolute Gasteiger partial charge is 0.326 e. The predicted octanol–water partition coefficient (Wildman–Crippen LogP) is -1.79. The molecule has 0 unspecified atom stereocenters. The molecule has 0 aromatic carbocycles. The molecule has 0 radical (unpaired) electrons. The van der Waals surface area contributed by atoms with Crippen molar-refractivity contribution >= 4 is 11.9 Å². The van der Waals surface area contributed by atoms with Gasteiger partial charge in [-0.3, -0.25) is 14.6 Å². The number of aromatic nitrogens is 4. The van der Waals surface area contributed by atoms with Crippen molar-refractivity contribution in [2.75, 3.05) is 0 Å². The fourth-order valence-electron chi connectivity index (χ4n) is 1.64. The number of amides is 1. The lowest BCUT2D eigenvalue weighted by Gasteiger charge is -2.13.